The fourth-order valence-corrected chi connectivity index (χ4v) is 0.387. The number of carboxylic acid groups (broad SMARTS) is 1. The topological polar surface area (TPSA) is 40.1 Å². The number of likely N-dealkylation sites (N-methyl/N-ethyl adjacent to an activating group) is 1. The van der Waals surface area contributed by atoms with E-state index in [9.17, 15) is 0 Å². The molecule has 0 aromatic rings. The minimum absolute atomic E-state index is 0.722. The number of carboxylic acids is 1. The molecule has 0 saturated heterocycles. The second kappa shape index (κ2) is 6.61. The van der Waals surface area contributed by atoms with Crippen LogP contribution >= 0.6 is 0 Å². The summed E-state index contributed by atoms with van der Waals surface area (Å²) in [4.78, 5) is 9.14. The zero-order chi connectivity index (χ0) is 10.2. The number of quaternary nitrogens is 1. The van der Waals surface area contributed by atoms with Gasteiger partial charge in [-0.1, -0.05) is 13.2 Å². The van der Waals surface area contributed by atoms with Gasteiger partial charge in [0.15, 0.2) is 0 Å². The van der Waals surface area contributed by atoms with E-state index in [2.05, 4.69) is 34.3 Å². The third-order valence-corrected chi connectivity index (χ3v) is 0.843. The molecule has 0 amide bonds. The van der Waals surface area contributed by atoms with Crippen LogP contribution < -0.4 is 5.11 Å². The highest BCUT2D eigenvalue weighted by Crippen LogP contribution is 1.86. The van der Waals surface area contributed by atoms with Crippen molar-refractivity contribution in [1.82, 2.24) is 0 Å². The van der Waals surface area contributed by atoms with E-state index in [4.69, 9.17) is 9.90 Å². The van der Waals surface area contributed by atoms with Crippen LogP contribution in [0.15, 0.2) is 25.3 Å². The van der Waals surface area contributed by atoms with E-state index in [-0.39, 0.29) is 0 Å². The molecule has 0 aliphatic rings. The van der Waals surface area contributed by atoms with Gasteiger partial charge in [-0.2, -0.15) is 0 Å². The number of hydrogen-bond donors (Lipinski definition) is 0. The molecule has 0 fully saturated rings. The first-order valence-corrected chi connectivity index (χ1v) is 3.58. The van der Waals surface area contributed by atoms with Crippen molar-refractivity contribution in [2.24, 2.45) is 0 Å². The summed E-state index contributed by atoms with van der Waals surface area (Å²) in [5.74, 6) is -1.23. The zero-order valence-electron chi connectivity index (χ0n) is 8.04. The number of carbonyl (C=O) groups is 1. The monoisotopic (exact) mass is 171 g/mol. The predicted octanol–water partition coefficient (Wildman–Crippen LogP) is -0.199. The van der Waals surface area contributed by atoms with Crippen molar-refractivity contribution in [2.45, 2.75) is 0 Å². The first kappa shape index (κ1) is 13.5. The van der Waals surface area contributed by atoms with Crippen molar-refractivity contribution >= 4 is 5.97 Å². The summed E-state index contributed by atoms with van der Waals surface area (Å²) < 4.78 is 0.976. The fraction of sp³-hybridized carbons (Fsp3) is 0.444. The number of nitrogens with zero attached hydrogens (tertiary/aromatic N) is 1. The van der Waals surface area contributed by atoms with E-state index in [1.54, 1.807) is 0 Å². The Balaban J connectivity index is 0. The van der Waals surface area contributed by atoms with Crippen LogP contribution in [0.3, 0.4) is 0 Å². The van der Waals surface area contributed by atoms with Crippen molar-refractivity contribution < 1.29 is 14.4 Å². The Kier molecular flexibility index (Phi) is 7.43. The van der Waals surface area contributed by atoms with E-state index in [0.717, 1.165) is 17.1 Å². The minimum atomic E-state index is -1.23. The highest BCUT2D eigenvalue weighted by atomic mass is 16.4. The average Bonchev–Trinajstić information content (AvgIpc) is 1.86. The molecule has 0 aromatic carbocycles. The molecule has 0 saturated carbocycles. The van der Waals surface area contributed by atoms with Crippen molar-refractivity contribution in [3.63, 3.8) is 0 Å². The normalized spacial score (nSPS) is 9.25. The van der Waals surface area contributed by atoms with Gasteiger partial charge in [-0.05, 0) is 12.2 Å². The lowest BCUT2D eigenvalue weighted by Crippen LogP contribution is -2.33. The summed E-state index contributed by atoms with van der Waals surface area (Å²) in [7, 11) is 6.42. The molecular weight excluding hydrogens is 154 g/mol. The molecule has 0 radical (unpaired) electrons. The standard InChI is InChI=1S/C6H14N.C3H4O2/c1-5-6-7(2,3)4;1-2-3(4)5/h5H,1,6H2,2-4H3;2H,1H2,(H,4,5)/q+1;/p-1. The van der Waals surface area contributed by atoms with Gasteiger partial charge in [-0.25, -0.2) is 0 Å². The number of hydrogen-bond acceptors (Lipinski definition) is 2. The van der Waals surface area contributed by atoms with Crippen LogP contribution in [0.1, 0.15) is 0 Å². The molecule has 70 valence electrons. The lowest BCUT2D eigenvalue weighted by molar-refractivity contribution is -0.864. The Bertz CT molecular complexity index is 156. The third-order valence-electron chi connectivity index (χ3n) is 0.843. The molecular formula is C9H17NO2. The Morgan fingerprint density at radius 1 is 1.42 bits per heavy atom. The molecule has 0 heterocycles. The summed E-state index contributed by atoms with van der Waals surface area (Å²) in [6.07, 6.45) is 2.65. The van der Waals surface area contributed by atoms with Crippen LogP contribution in [-0.2, 0) is 4.79 Å². The second-order valence-electron chi connectivity index (χ2n) is 3.28. The Morgan fingerprint density at radius 2 is 1.75 bits per heavy atom. The van der Waals surface area contributed by atoms with Crippen molar-refractivity contribution in [2.75, 3.05) is 27.7 Å². The Hall–Kier alpha value is -1.09. The summed E-state index contributed by atoms with van der Waals surface area (Å²) in [5, 5.41) is 9.14. The number of aliphatic carboxylic acids is 1. The number of carbonyl (C=O) groups excluding carboxylic acids is 1. The molecule has 0 atom stereocenters. The lowest BCUT2D eigenvalue weighted by atomic mass is 10.5. The molecule has 0 N–H and O–H groups in total. The molecule has 0 aliphatic heterocycles. The molecule has 3 heteroatoms. The molecule has 0 aromatic heterocycles. The van der Waals surface area contributed by atoms with Crippen LogP contribution in [0.5, 0.6) is 0 Å². The van der Waals surface area contributed by atoms with Gasteiger partial charge in [0.05, 0.1) is 33.7 Å². The summed E-state index contributed by atoms with van der Waals surface area (Å²) in [6, 6.07) is 0. The SMILES string of the molecule is C=CC(=O)[O-].C=CC[N+](C)(C)C. The number of rotatable bonds is 3. The first-order valence-electron chi connectivity index (χ1n) is 3.58. The molecule has 0 rings (SSSR count). The van der Waals surface area contributed by atoms with Gasteiger partial charge in [0.25, 0.3) is 0 Å². The molecule has 0 aliphatic carbocycles. The maximum Gasteiger partial charge on any atom is 0.0964 e. The Labute approximate surface area is 74.2 Å². The summed E-state index contributed by atoms with van der Waals surface area (Å²) in [6.45, 7) is 7.57. The lowest BCUT2D eigenvalue weighted by Gasteiger charge is -2.21. The molecule has 12 heavy (non-hydrogen) atoms. The van der Waals surface area contributed by atoms with Crippen molar-refractivity contribution in [3.8, 4) is 0 Å². The van der Waals surface area contributed by atoms with Gasteiger partial charge in [0, 0.05) is 0 Å². The van der Waals surface area contributed by atoms with Crippen molar-refractivity contribution in [3.05, 3.63) is 25.3 Å². The smallest absolute Gasteiger partial charge is 0.0964 e. The van der Waals surface area contributed by atoms with Gasteiger partial charge < -0.3 is 14.4 Å². The maximum absolute atomic E-state index is 9.14. The van der Waals surface area contributed by atoms with Crippen LogP contribution in [-0.4, -0.2) is 38.1 Å². The molecule has 0 spiro atoms. The van der Waals surface area contributed by atoms with Crippen LogP contribution in [0, 0.1) is 0 Å². The van der Waals surface area contributed by atoms with Crippen LogP contribution in [0.25, 0.3) is 0 Å². The van der Waals surface area contributed by atoms with E-state index in [1.807, 2.05) is 6.08 Å². The average molecular weight is 171 g/mol. The highest BCUT2D eigenvalue weighted by Gasteiger charge is 1.99. The van der Waals surface area contributed by atoms with Gasteiger partial charge in [0.1, 0.15) is 0 Å². The third kappa shape index (κ3) is 23.1. The van der Waals surface area contributed by atoms with Gasteiger partial charge in [-0.3, -0.25) is 0 Å². The Morgan fingerprint density at radius 3 is 1.75 bits per heavy atom. The van der Waals surface area contributed by atoms with Crippen LogP contribution in [0.2, 0.25) is 0 Å². The van der Waals surface area contributed by atoms with Gasteiger partial charge >= 0.3 is 0 Å². The highest BCUT2D eigenvalue weighted by molar-refractivity contribution is 5.76. The largest absolute Gasteiger partial charge is 0.545 e. The minimum Gasteiger partial charge on any atom is -0.545 e. The van der Waals surface area contributed by atoms with E-state index >= 15 is 0 Å². The molecule has 3 nitrogen and oxygen atoms in total. The van der Waals surface area contributed by atoms with E-state index in [0.29, 0.717) is 0 Å². The fourth-order valence-electron chi connectivity index (χ4n) is 0.387. The van der Waals surface area contributed by atoms with Gasteiger partial charge in [-0.15, -0.1) is 0 Å². The van der Waals surface area contributed by atoms with E-state index in [1.165, 1.54) is 0 Å². The quantitative estimate of drug-likeness (QED) is 0.335. The predicted molar refractivity (Wildman–Crippen MR) is 48.3 cm³/mol. The van der Waals surface area contributed by atoms with Crippen molar-refractivity contribution in [1.29, 1.82) is 0 Å². The molecule has 0 unspecified atom stereocenters. The first-order chi connectivity index (χ1) is 5.33. The summed E-state index contributed by atoms with van der Waals surface area (Å²) >= 11 is 0. The van der Waals surface area contributed by atoms with E-state index < -0.39 is 5.97 Å². The summed E-state index contributed by atoms with van der Waals surface area (Å²) in [5.41, 5.74) is 0. The van der Waals surface area contributed by atoms with Gasteiger partial charge in [0.2, 0.25) is 0 Å². The van der Waals surface area contributed by atoms with Crippen LogP contribution in [0.4, 0.5) is 0 Å². The molecule has 0 bridgehead atoms. The second-order valence-corrected chi connectivity index (χ2v) is 3.28. The maximum atomic E-state index is 9.14. The zero-order valence-corrected chi connectivity index (χ0v) is 8.04.